The van der Waals surface area contributed by atoms with Gasteiger partial charge in [-0.15, -0.1) is 0 Å². The highest BCUT2D eigenvalue weighted by Crippen LogP contribution is 2.27. The monoisotopic (exact) mass is 290 g/mol. The second-order valence-electron chi connectivity index (χ2n) is 6.08. The molecule has 0 amide bonds. The third kappa shape index (κ3) is 3.83. The molecule has 4 heteroatoms. The van der Waals surface area contributed by atoms with E-state index in [4.69, 9.17) is 4.74 Å². The lowest BCUT2D eigenvalue weighted by atomic mass is 9.97. The van der Waals surface area contributed by atoms with Crippen LogP contribution in [0.15, 0.2) is 24.3 Å². The lowest BCUT2D eigenvalue weighted by molar-refractivity contribution is 0.0112. The fourth-order valence-electron chi connectivity index (χ4n) is 3.49. The van der Waals surface area contributed by atoms with E-state index in [9.17, 15) is 5.11 Å². The summed E-state index contributed by atoms with van der Waals surface area (Å²) < 4.78 is 6.00. The number of aliphatic hydroxyl groups excluding tert-OH is 1. The molecule has 2 unspecified atom stereocenters. The van der Waals surface area contributed by atoms with Crippen LogP contribution in [-0.4, -0.2) is 55.4 Å². The average Bonchev–Trinajstić information content (AvgIpc) is 3.01. The Bertz CT molecular complexity index is 446. The molecule has 1 fully saturated rings. The first-order valence-corrected chi connectivity index (χ1v) is 8.13. The Hall–Kier alpha value is -0.940. The Morgan fingerprint density at radius 1 is 1.29 bits per heavy atom. The molecular weight excluding hydrogens is 264 g/mol. The van der Waals surface area contributed by atoms with Gasteiger partial charge in [0, 0.05) is 25.7 Å². The summed E-state index contributed by atoms with van der Waals surface area (Å²) in [5, 5.41) is 12.9. The summed E-state index contributed by atoms with van der Waals surface area (Å²) in [7, 11) is 0. The van der Waals surface area contributed by atoms with E-state index in [2.05, 4.69) is 34.5 Å². The predicted molar refractivity (Wildman–Crippen MR) is 83.4 cm³/mol. The van der Waals surface area contributed by atoms with Gasteiger partial charge in [-0.3, -0.25) is 4.90 Å². The van der Waals surface area contributed by atoms with Gasteiger partial charge in [0.25, 0.3) is 0 Å². The molecule has 3 rings (SSSR count). The van der Waals surface area contributed by atoms with E-state index in [0.717, 1.165) is 39.2 Å². The lowest BCUT2D eigenvalue weighted by Crippen LogP contribution is -2.41. The smallest absolute Gasteiger partial charge is 0.0954 e. The molecule has 0 radical (unpaired) electrons. The van der Waals surface area contributed by atoms with Crippen LogP contribution in [0, 0.1) is 0 Å². The molecule has 0 aromatic heterocycles. The van der Waals surface area contributed by atoms with Crippen molar-refractivity contribution in [3.05, 3.63) is 35.4 Å². The van der Waals surface area contributed by atoms with Gasteiger partial charge in [0.05, 0.1) is 19.3 Å². The molecule has 2 aliphatic heterocycles. The average molecular weight is 290 g/mol. The summed E-state index contributed by atoms with van der Waals surface area (Å²) in [6.07, 6.45) is 3.66. The number of ether oxygens (including phenoxy) is 1. The second-order valence-corrected chi connectivity index (χ2v) is 6.08. The molecule has 4 nitrogen and oxygen atoms in total. The minimum atomic E-state index is 0.142. The van der Waals surface area contributed by atoms with Crippen molar-refractivity contribution in [1.82, 2.24) is 10.2 Å². The van der Waals surface area contributed by atoms with Gasteiger partial charge in [-0.2, -0.15) is 0 Å². The van der Waals surface area contributed by atoms with Crippen LogP contribution in [0.1, 0.15) is 30.1 Å². The highest BCUT2D eigenvalue weighted by Gasteiger charge is 2.25. The van der Waals surface area contributed by atoms with Crippen LogP contribution < -0.4 is 5.32 Å². The first-order chi connectivity index (χ1) is 10.4. The first-order valence-electron chi connectivity index (χ1n) is 8.13. The van der Waals surface area contributed by atoms with E-state index >= 15 is 0 Å². The molecule has 21 heavy (non-hydrogen) atoms. The van der Waals surface area contributed by atoms with E-state index in [1.54, 1.807) is 0 Å². The molecule has 1 aromatic carbocycles. The van der Waals surface area contributed by atoms with Crippen molar-refractivity contribution in [2.45, 2.75) is 31.4 Å². The maximum absolute atomic E-state index is 9.33. The van der Waals surface area contributed by atoms with Gasteiger partial charge in [-0.05, 0) is 36.9 Å². The van der Waals surface area contributed by atoms with Crippen LogP contribution in [0.25, 0.3) is 0 Å². The van der Waals surface area contributed by atoms with E-state index < -0.39 is 0 Å². The van der Waals surface area contributed by atoms with Gasteiger partial charge >= 0.3 is 0 Å². The Balaban J connectivity index is 1.65. The number of nitrogens with zero attached hydrogens (tertiary/aromatic N) is 1. The van der Waals surface area contributed by atoms with Gasteiger partial charge < -0.3 is 15.2 Å². The Kier molecular flexibility index (Phi) is 5.25. The second kappa shape index (κ2) is 7.36. The number of rotatable bonds is 6. The Labute approximate surface area is 127 Å². The molecule has 2 heterocycles. The number of nitrogens with one attached hydrogen (secondary N) is 1. The number of aliphatic hydroxyl groups is 1. The zero-order chi connectivity index (χ0) is 14.5. The van der Waals surface area contributed by atoms with Crippen molar-refractivity contribution in [1.29, 1.82) is 0 Å². The van der Waals surface area contributed by atoms with Crippen molar-refractivity contribution in [2.24, 2.45) is 0 Å². The quantitative estimate of drug-likeness (QED) is 0.830. The summed E-state index contributed by atoms with van der Waals surface area (Å²) in [6, 6.07) is 9.16. The van der Waals surface area contributed by atoms with E-state index in [1.807, 2.05) is 0 Å². The number of benzene rings is 1. The Morgan fingerprint density at radius 2 is 2.19 bits per heavy atom. The standard InChI is InChI=1S/C17H26N2O2/c20-10-9-19(12-15-5-3-8-18-15)13-17-16-6-2-1-4-14(16)7-11-21-17/h1-2,4,6,15,17-18,20H,3,5,7-13H2. The van der Waals surface area contributed by atoms with Crippen molar-refractivity contribution in [3.63, 3.8) is 0 Å². The number of hydrogen-bond donors (Lipinski definition) is 2. The van der Waals surface area contributed by atoms with Gasteiger partial charge in [0.2, 0.25) is 0 Å². The highest BCUT2D eigenvalue weighted by molar-refractivity contribution is 5.31. The molecule has 0 saturated carbocycles. The van der Waals surface area contributed by atoms with Gasteiger partial charge in [0.1, 0.15) is 0 Å². The molecule has 116 valence electrons. The van der Waals surface area contributed by atoms with E-state index in [1.165, 1.54) is 24.0 Å². The van der Waals surface area contributed by atoms with E-state index in [0.29, 0.717) is 6.04 Å². The molecule has 0 bridgehead atoms. The molecular formula is C17H26N2O2. The zero-order valence-corrected chi connectivity index (χ0v) is 12.6. The van der Waals surface area contributed by atoms with E-state index in [-0.39, 0.29) is 12.7 Å². The van der Waals surface area contributed by atoms with Gasteiger partial charge in [-0.25, -0.2) is 0 Å². The van der Waals surface area contributed by atoms with Crippen LogP contribution in [0.3, 0.4) is 0 Å². The van der Waals surface area contributed by atoms with Crippen LogP contribution in [0.2, 0.25) is 0 Å². The van der Waals surface area contributed by atoms with Gasteiger partial charge in [-0.1, -0.05) is 24.3 Å². The fraction of sp³-hybridized carbons (Fsp3) is 0.647. The minimum absolute atomic E-state index is 0.142. The molecule has 0 aliphatic carbocycles. The number of fused-ring (bicyclic) bond motifs is 1. The normalized spacial score (nSPS) is 25.2. The van der Waals surface area contributed by atoms with Crippen molar-refractivity contribution in [2.75, 3.05) is 39.4 Å². The fourth-order valence-corrected chi connectivity index (χ4v) is 3.49. The largest absolute Gasteiger partial charge is 0.395 e. The highest BCUT2D eigenvalue weighted by atomic mass is 16.5. The van der Waals surface area contributed by atoms with Crippen LogP contribution >= 0.6 is 0 Å². The van der Waals surface area contributed by atoms with Crippen molar-refractivity contribution in [3.8, 4) is 0 Å². The molecule has 1 saturated heterocycles. The maximum Gasteiger partial charge on any atom is 0.0954 e. The molecule has 2 N–H and O–H groups in total. The van der Waals surface area contributed by atoms with Crippen LogP contribution in [0.4, 0.5) is 0 Å². The molecule has 0 spiro atoms. The molecule has 2 atom stereocenters. The summed E-state index contributed by atoms with van der Waals surface area (Å²) in [5.41, 5.74) is 2.74. The topological polar surface area (TPSA) is 44.7 Å². The first kappa shape index (κ1) is 15.0. The van der Waals surface area contributed by atoms with Crippen molar-refractivity contribution >= 4 is 0 Å². The molecule has 2 aliphatic rings. The Morgan fingerprint density at radius 3 is 3.00 bits per heavy atom. The van der Waals surface area contributed by atoms with Gasteiger partial charge in [0.15, 0.2) is 0 Å². The summed E-state index contributed by atoms with van der Waals surface area (Å²) in [4.78, 5) is 2.34. The van der Waals surface area contributed by atoms with Crippen molar-refractivity contribution < 1.29 is 9.84 Å². The minimum Gasteiger partial charge on any atom is -0.395 e. The number of hydrogen-bond acceptors (Lipinski definition) is 4. The third-order valence-electron chi connectivity index (χ3n) is 4.57. The van der Waals surface area contributed by atoms with Crippen LogP contribution in [0.5, 0.6) is 0 Å². The summed E-state index contributed by atoms with van der Waals surface area (Å²) in [5.74, 6) is 0. The summed E-state index contributed by atoms with van der Waals surface area (Å²) in [6.45, 7) is 4.73. The maximum atomic E-state index is 9.33. The molecule has 1 aromatic rings. The SMILES string of the molecule is OCCN(CC1CCCN1)CC1OCCc2ccccc21. The summed E-state index contributed by atoms with van der Waals surface area (Å²) >= 11 is 0. The third-order valence-corrected chi connectivity index (χ3v) is 4.57. The zero-order valence-electron chi connectivity index (χ0n) is 12.6. The van der Waals surface area contributed by atoms with Crippen LogP contribution in [-0.2, 0) is 11.2 Å². The predicted octanol–water partition coefficient (Wildman–Crippen LogP) is 1.35. The lowest BCUT2D eigenvalue weighted by Gasteiger charge is -2.32.